The van der Waals surface area contributed by atoms with Crippen LogP contribution in [0.1, 0.15) is 11.3 Å². The van der Waals surface area contributed by atoms with Crippen molar-refractivity contribution in [3.63, 3.8) is 0 Å². The van der Waals surface area contributed by atoms with Gasteiger partial charge in [-0.3, -0.25) is 4.79 Å². The number of hydrogen-bond acceptors (Lipinski definition) is 5. The Kier molecular flexibility index (Phi) is 4.33. The average molecular weight is 364 g/mol. The molecule has 0 fully saturated rings. The first-order chi connectivity index (χ1) is 12.2. The minimum absolute atomic E-state index is 0.00331. The van der Waals surface area contributed by atoms with Crippen LogP contribution in [0.2, 0.25) is 0 Å². The lowest BCUT2D eigenvalue weighted by molar-refractivity contribution is -0.274. The van der Waals surface area contributed by atoms with E-state index in [4.69, 9.17) is 4.42 Å². The number of alkyl halides is 3. The molecule has 0 aliphatic carbocycles. The van der Waals surface area contributed by atoms with Gasteiger partial charge < -0.3 is 19.4 Å². The van der Waals surface area contributed by atoms with Crippen molar-refractivity contribution in [3.8, 4) is 17.2 Å². The molecule has 0 unspecified atom stereocenters. The fourth-order valence-corrected chi connectivity index (χ4v) is 2.31. The third-order valence-corrected chi connectivity index (χ3v) is 3.37. The van der Waals surface area contributed by atoms with Crippen LogP contribution in [0.5, 0.6) is 17.2 Å². The van der Waals surface area contributed by atoms with Crippen molar-refractivity contribution in [1.29, 1.82) is 0 Å². The number of ether oxygens (including phenoxy) is 1. The Bertz CT molecular complexity index is 1030. The molecule has 0 saturated carbocycles. The lowest BCUT2D eigenvalue weighted by Crippen LogP contribution is -2.16. The van der Waals surface area contributed by atoms with E-state index in [2.05, 4.69) is 4.74 Å². The molecule has 1 aromatic heterocycles. The van der Waals surface area contributed by atoms with Gasteiger partial charge in [-0.15, -0.1) is 13.2 Å². The smallest absolute Gasteiger partial charge is 0.508 e. The van der Waals surface area contributed by atoms with Crippen molar-refractivity contribution >= 4 is 23.1 Å². The maximum absolute atomic E-state index is 12.1. The summed E-state index contributed by atoms with van der Waals surface area (Å²) in [6.45, 7) is 0. The van der Waals surface area contributed by atoms with Crippen molar-refractivity contribution in [2.75, 3.05) is 0 Å². The van der Waals surface area contributed by atoms with Gasteiger partial charge in [0.15, 0.2) is 5.43 Å². The van der Waals surface area contributed by atoms with Gasteiger partial charge in [-0.25, -0.2) is 0 Å². The van der Waals surface area contributed by atoms with Crippen molar-refractivity contribution < 1.29 is 32.5 Å². The first-order valence-corrected chi connectivity index (χ1v) is 7.25. The molecule has 5 nitrogen and oxygen atoms in total. The van der Waals surface area contributed by atoms with Crippen molar-refractivity contribution in [2.24, 2.45) is 0 Å². The minimum Gasteiger partial charge on any atom is -0.508 e. The first kappa shape index (κ1) is 17.4. The molecule has 134 valence electrons. The van der Waals surface area contributed by atoms with Gasteiger partial charge in [0.1, 0.15) is 34.0 Å². The van der Waals surface area contributed by atoms with Gasteiger partial charge in [-0.2, -0.15) is 0 Å². The Morgan fingerprint density at radius 3 is 2.35 bits per heavy atom. The number of aromatic hydroxyl groups is 2. The predicted molar refractivity (Wildman–Crippen MR) is 87.9 cm³/mol. The Morgan fingerprint density at radius 2 is 1.69 bits per heavy atom. The monoisotopic (exact) mass is 364 g/mol. The molecule has 0 aliphatic heterocycles. The molecule has 0 amide bonds. The van der Waals surface area contributed by atoms with Crippen molar-refractivity contribution in [2.45, 2.75) is 6.36 Å². The minimum atomic E-state index is -4.76. The zero-order valence-electron chi connectivity index (χ0n) is 12.9. The molecule has 8 heteroatoms. The van der Waals surface area contributed by atoms with Gasteiger partial charge >= 0.3 is 6.36 Å². The summed E-state index contributed by atoms with van der Waals surface area (Å²) in [4.78, 5) is 12.1. The van der Waals surface area contributed by atoms with E-state index in [1.807, 2.05) is 0 Å². The molecule has 0 radical (unpaired) electrons. The first-order valence-electron chi connectivity index (χ1n) is 7.25. The molecule has 3 rings (SSSR count). The van der Waals surface area contributed by atoms with Crippen LogP contribution in [0, 0.1) is 0 Å². The standard InChI is InChI=1S/C18H11F3O5/c19-18(20,21)26-12-4-1-10(2-5-12)3-6-13-9-15(24)17-14(23)7-11(22)8-16(17)25-13/h1-9,22-23H. The lowest BCUT2D eigenvalue weighted by Gasteiger charge is -2.08. The summed E-state index contributed by atoms with van der Waals surface area (Å²) in [6.07, 6.45) is -1.81. The lowest BCUT2D eigenvalue weighted by atomic mass is 10.1. The van der Waals surface area contributed by atoms with Gasteiger partial charge in [-0.05, 0) is 23.8 Å². The molecule has 0 aliphatic rings. The molecular weight excluding hydrogens is 353 g/mol. The largest absolute Gasteiger partial charge is 0.573 e. The summed E-state index contributed by atoms with van der Waals surface area (Å²) < 4.78 is 45.6. The second-order valence-electron chi connectivity index (χ2n) is 5.30. The second kappa shape index (κ2) is 6.47. The number of benzene rings is 2. The number of phenolic OH excluding ortho intramolecular Hbond substituents is 2. The molecule has 0 spiro atoms. The van der Waals surface area contributed by atoms with E-state index >= 15 is 0 Å². The van der Waals surface area contributed by atoms with Crippen LogP contribution in [-0.2, 0) is 0 Å². The van der Waals surface area contributed by atoms with E-state index in [1.165, 1.54) is 30.4 Å². The highest BCUT2D eigenvalue weighted by atomic mass is 19.4. The third-order valence-electron chi connectivity index (χ3n) is 3.37. The van der Waals surface area contributed by atoms with Gasteiger partial charge in [-0.1, -0.05) is 18.2 Å². The molecule has 0 saturated heterocycles. The summed E-state index contributed by atoms with van der Waals surface area (Å²) in [7, 11) is 0. The van der Waals surface area contributed by atoms with Gasteiger partial charge in [0.2, 0.25) is 0 Å². The van der Waals surface area contributed by atoms with Crippen LogP contribution in [0.15, 0.2) is 51.7 Å². The summed E-state index contributed by atoms with van der Waals surface area (Å²) in [5, 5.41) is 19.1. The topological polar surface area (TPSA) is 79.9 Å². The summed E-state index contributed by atoms with van der Waals surface area (Å²) in [5.74, 6) is -0.870. The average Bonchev–Trinajstić information content (AvgIpc) is 2.51. The van der Waals surface area contributed by atoms with Crippen LogP contribution in [0.25, 0.3) is 23.1 Å². The molecule has 26 heavy (non-hydrogen) atoms. The molecule has 3 aromatic rings. The predicted octanol–water partition coefficient (Wildman–Crippen LogP) is 4.27. The molecule has 0 atom stereocenters. The van der Waals surface area contributed by atoms with E-state index in [-0.39, 0.29) is 28.2 Å². The van der Waals surface area contributed by atoms with Gasteiger partial charge in [0.05, 0.1) is 0 Å². The molecule has 0 bridgehead atoms. The highest BCUT2D eigenvalue weighted by molar-refractivity contribution is 5.85. The van der Waals surface area contributed by atoms with Crippen molar-refractivity contribution in [3.05, 3.63) is 64.0 Å². The maximum atomic E-state index is 12.1. The SMILES string of the molecule is O=c1cc(C=Cc2ccc(OC(F)(F)F)cc2)oc2cc(O)cc(O)c12. The zero-order valence-corrected chi connectivity index (χ0v) is 12.9. The summed E-state index contributed by atoms with van der Waals surface area (Å²) in [6, 6.07) is 8.47. The normalized spacial score (nSPS) is 12.0. The van der Waals surface area contributed by atoms with Gasteiger partial charge in [0, 0.05) is 18.2 Å². The van der Waals surface area contributed by atoms with E-state index in [9.17, 15) is 28.2 Å². The van der Waals surface area contributed by atoms with Crippen LogP contribution >= 0.6 is 0 Å². The zero-order chi connectivity index (χ0) is 18.9. The molecule has 1 heterocycles. The summed E-state index contributed by atoms with van der Waals surface area (Å²) in [5.41, 5.74) is 0.0435. The Labute approximate surface area is 144 Å². The number of phenols is 2. The van der Waals surface area contributed by atoms with Crippen LogP contribution in [-0.4, -0.2) is 16.6 Å². The quantitative estimate of drug-likeness (QED) is 0.725. The van der Waals surface area contributed by atoms with E-state index < -0.39 is 17.5 Å². The fourth-order valence-electron chi connectivity index (χ4n) is 2.31. The molecule has 2 aromatic carbocycles. The fraction of sp³-hybridized carbons (Fsp3) is 0.0556. The van der Waals surface area contributed by atoms with Gasteiger partial charge in [0.25, 0.3) is 0 Å². The Morgan fingerprint density at radius 1 is 1.00 bits per heavy atom. The van der Waals surface area contributed by atoms with E-state index in [0.717, 1.165) is 24.3 Å². The van der Waals surface area contributed by atoms with E-state index in [0.29, 0.717) is 5.56 Å². The van der Waals surface area contributed by atoms with Crippen LogP contribution < -0.4 is 10.2 Å². The Balaban J connectivity index is 1.88. The number of halogens is 3. The Hall–Kier alpha value is -3.42. The van der Waals surface area contributed by atoms with Crippen LogP contribution in [0.3, 0.4) is 0 Å². The summed E-state index contributed by atoms with van der Waals surface area (Å²) >= 11 is 0. The second-order valence-corrected chi connectivity index (χ2v) is 5.30. The molecule has 2 N–H and O–H groups in total. The number of fused-ring (bicyclic) bond motifs is 1. The maximum Gasteiger partial charge on any atom is 0.573 e. The van der Waals surface area contributed by atoms with Crippen molar-refractivity contribution in [1.82, 2.24) is 0 Å². The third kappa shape index (κ3) is 3.97. The highest BCUT2D eigenvalue weighted by Gasteiger charge is 2.30. The number of rotatable bonds is 3. The van der Waals surface area contributed by atoms with Crippen LogP contribution in [0.4, 0.5) is 13.2 Å². The number of hydrogen-bond donors (Lipinski definition) is 2. The van der Waals surface area contributed by atoms with E-state index in [1.54, 1.807) is 0 Å². The molecular formula is C18H11F3O5. The highest BCUT2D eigenvalue weighted by Crippen LogP contribution is 2.28.